The molecular weight excluding hydrogens is 600 g/mol. The summed E-state index contributed by atoms with van der Waals surface area (Å²) in [5.74, 6) is -1.85. The number of carbonyl (C=O) groups excluding carboxylic acids is 2. The lowest BCUT2D eigenvalue weighted by molar-refractivity contribution is -0.137. The van der Waals surface area contributed by atoms with Gasteiger partial charge in [-0.3, -0.25) is 9.59 Å². The van der Waals surface area contributed by atoms with Crippen molar-refractivity contribution in [2.75, 3.05) is 58.6 Å². The van der Waals surface area contributed by atoms with Gasteiger partial charge in [0, 0.05) is 38.5 Å². The Kier molecular flexibility index (Phi) is 15.2. The van der Waals surface area contributed by atoms with Gasteiger partial charge in [0.2, 0.25) is 11.9 Å². The zero-order valence-corrected chi connectivity index (χ0v) is 26.1. The van der Waals surface area contributed by atoms with E-state index < -0.39 is 23.5 Å². The zero-order chi connectivity index (χ0) is 33.6. The van der Waals surface area contributed by atoms with Crippen LogP contribution in [0, 0.1) is 5.82 Å². The topological polar surface area (TPSA) is 167 Å². The lowest BCUT2D eigenvalue weighted by atomic mass is 9.95. The third kappa shape index (κ3) is 11.6. The van der Waals surface area contributed by atoms with Gasteiger partial charge in [-0.05, 0) is 51.9 Å². The van der Waals surface area contributed by atoms with Crippen molar-refractivity contribution >= 4 is 29.3 Å². The summed E-state index contributed by atoms with van der Waals surface area (Å²) in [6.45, 7) is 1.76. The number of carbonyl (C=O) groups is 2. The molecule has 2 heterocycles. The maximum Gasteiger partial charge on any atom is 0.421 e. The van der Waals surface area contributed by atoms with Gasteiger partial charge in [0.1, 0.15) is 22.9 Å². The highest BCUT2D eigenvalue weighted by Crippen LogP contribution is 2.36. The Hall–Kier alpha value is -3.76. The standard InChI is InChI=1S/C25H32F4N6O2.C3H8N2O.CH4O/c1-35-10-8-16(9-11-35)32-23(36)17-12-21(37-2)20(13-19(17)26)33-24-30-14-18(25(27,28)29)22(34-24)31-15-6-4-3-5-7-15;1-5-3(6)2-4;1-2/h12-16H,3-11H2,1-2H3,(H,32,36)(H2,30,31,33,34);2,4H2,1H3,(H,5,6);2H,1H3. The van der Waals surface area contributed by atoms with E-state index >= 15 is 0 Å². The predicted molar refractivity (Wildman–Crippen MR) is 163 cm³/mol. The fourth-order valence-corrected chi connectivity index (χ4v) is 4.83. The molecule has 16 heteroatoms. The highest BCUT2D eigenvalue weighted by atomic mass is 19.4. The Morgan fingerprint density at radius 3 is 2.27 bits per heavy atom. The number of amides is 2. The number of alkyl halides is 3. The van der Waals surface area contributed by atoms with Crippen molar-refractivity contribution < 1.29 is 37.0 Å². The van der Waals surface area contributed by atoms with Crippen molar-refractivity contribution in [3.05, 3.63) is 35.3 Å². The van der Waals surface area contributed by atoms with Gasteiger partial charge >= 0.3 is 6.18 Å². The number of aromatic nitrogens is 2. The molecule has 2 fully saturated rings. The van der Waals surface area contributed by atoms with E-state index in [1.165, 1.54) is 13.2 Å². The first-order chi connectivity index (χ1) is 21.4. The fourth-order valence-electron chi connectivity index (χ4n) is 4.83. The first-order valence-electron chi connectivity index (χ1n) is 14.6. The van der Waals surface area contributed by atoms with Crippen molar-refractivity contribution in [1.82, 2.24) is 25.5 Å². The molecule has 252 valence electrons. The summed E-state index contributed by atoms with van der Waals surface area (Å²) in [5, 5.41) is 17.9. The number of aliphatic hydroxyl groups excluding tert-OH is 1. The summed E-state index contributed by atoms with van der Waals surface area (Å²) >= 11 is 0. The number of aliphatic hydroxyl groups is 1. The van der Waals surface area contributed by atoms with Crippen LogP contribution in [0.15, 0.2) is 18.3 Å². The molecule has 1 aromatic carbocycles. The second kappa shape index (κ2) is 18.3. The molecule has 0 spiro atoms. The van der Waals surface area contributed by atoms with Crippen LogP contribution in [0.2, 0.25) is 0 Å². The SMILES string of the molecule is CNC(=O)CN.CO.COc1cc(C(=O)NC2CCN(C)CC2)c(F)cc1Nc1ncc(C(F)(F)F)c(NC2CCCCC2)n1. The number of halogens is 4. The van der Waals surface area contributed by atoms with E-state index in [9.17, 15) is 27.2 Å². The van der Waals surface area contributed by atoms with Crippen molar-refractivity contribution in [1.29, 1.82) is 0 Å². The van der Waals surface area contributed by atoms with Crippen LogP contribution in [0.25, 0.3) is 0 Å². The predicted octanol–water partition coefficient (Wildman–Crippen LogP) is 3.25. The molecule has 2 amide bonds. The molecule has 0 bridgehead atoms. The first-order valence-corrected chi connectivity index (χ1v) is 14.6. The average Bonchev–Trinajstić information content (AvgIpc) is 3.03. The Morgan fingerprint density at radius 1 is 1.09 bits per heavy atom. The minimum absolute atomic E-state index is 0.0532. The molecule has 2 aliphatic rings. The highest BCUT2D eigenvalue weighted by Gasteiger charge is 2.36. The summed E-state index contributed by atoms with van der Waals surface area (Å²) in [4.78, 5) is 32.7. The van der Waals surface area contributed by atoms with Gasteiger partial charge in [-0.15, -0.1) is 0 Å². The molecule has 1 aliphatic heterocycles. The third-order valence-electron chi connectivity index (χ3n) is 7.34. The van der Waals surface area contributed by atoms with E-state index in [1.807, 2.05) is 7.05 Å². The number of ether oxygens (including phenoxy) is 1. The third-order valence-corrected chi connectivity index (χ3v) is 7.34. The molecule has 7 N–H and O–H groups in total. The van der Waals surface area contributed by atoms with Crippen molar-refractivity contribution in [3.63, 3.8) is 0 Å². The van der Waals surface area contributed by atoms with E-state index in [2.05, 4.69) is 36.1 Å². The number of nitrogens with one attached hydrogen (secondary N) is 4. The van der Waals surface area contributed by atoms with Crippen LogP contribution >= 0.6 is 0 Å². The minimum Gasteiger partial charge on any atom is -0.495 e. The maximum atomic E-state index is 15.0. The van der Waals surface area contributed by atoms with Gasteiger partial charge < -0.3 is 41.7 Å². The van der Waals surface area contributed by atoms with Gasteiger partial charge in [0.25, 0.3) is 5.91 Å². The number of methoxy groups -OCH3 is 1. The largest absolute Gasteiger partial charge is 0.495 e. The average molecular weight is 645 g/mol. The van der Waals surface area contributed by atoms with Crippen LogP contribution in [-0.4, -0.2) is 91.8 Å². The van der Waals surface area contributed by atoms with Crippen LogP contribution in [0.4, 0.5) is 35.0 Å². The van der Waals surface area contributed by atoms with Crippen LogP contribution in [-0.2, 0) is 11.0 Å². The number of likely N-dealkylation sites (N-methyl/N-ethyl adjacent to an activating group) is 1. The zero-order valence-electron chi connectivity index (χ0n) is 26.1. The van der Waals surface area contributed by atoms with E-state index in [0.29, 0.717) is 6.20 Å². The molecule has 1 saturated carbocycles. The molecule has 1 saturated heterocycles. The Balaban J connectivity index is 0.000000790. The number of hydrogen-bond donors (Lipinski definition) is 6. The first kappa shape index (κ1) is 37.4. The minimum atomic E-state index is -4.64. The van der Waals surface area contributed by atoms with Crippen molar-refractivity contribution in [2.45, 2.75) is 63.2 Å². The summed E-state index contributed by atoms with van der Waals surface area (Å²) in [6.07, 6.45) is 2.03. The molecule has 45 heavy (non-hydrogen) atoms. The fraction of sp³-hybridized carbons (Fsp3) is 0.586. The summed E-state index contributed by atoms with van der Waals surface area (Å²) in [7, 11) is 5.90. The number of benzene rings is 1. The van der Waals surface area contributed by atoms with E-state index in [1.54, 1.807) is 7.05 Å². The van der Waals surface area contributed by atoms with E-state index in [0.717, 1.165) is 71.2 Å². The number of likely N-dealkylation sites (tertiary alicyclic amines) is 1. The maximum absolute atomic E-state index is 15.0. The van der Waals surface area contributed by atoms with Gasteiger partial charge in [-0.1, -0.05) is 19.3 Å². The number of nitrogens with two attached hydrogens (primary N) is 1. The molecular formula is C29H44F4N8O4. The van der Waals surface area contributed by atoms with Gasteiger partial charge in [-0.2, -0.15) is 18.2 Å². The molecule has 0 unspecified atom stereocenters. The number of hydrogen-bond acceptors (Lipinski definition) is 10. The summed E-state index contributed by atoms with van der Waals surface area (Å²) in [6, 6.07) is 2.14. The summed E-state index contributed by atoms with van der Waals surface area (Å²) < 4.78 is 61.1. The molecule has 12 nitrogen and oxygen atoms in total. The number of piperidine rings is 1. The van der Waals surface area contributed by atoms with Crippen LogP contribution in [0.1, 0.15) is 60.9 Å². The quantitative estimate of drug-likeness (QED) is 0.235. The van der Waals surface area contributed by atoms with Crippen LogP contribution < -0.4 is 31.7 Å². The van der Waals surface area contributed by atoms with Crippen LogP contribution in [0.5, 0.6) is 5.75 Å². The Morgan fingerprint density at radius 2 is 1.73 bits per heavy atom. The Bertz CT molecular complexity index is 1230. The molecule has 4 rings (SSSR count). The van der Waals surface area contributed by atoms with E-state index in [-0.39, 0.29) is 53.3 Å². The molecule has 2 aromatic rings. The molecule has 1 aromatic heterocycles. The molecule has 1 aliphatic carbocycles. The Labute approximate surface area is 260 Å². The number of anilines is 3. The van der Waals surface area contributed by atoms with Gasteiger partial charge in [0.05, 0.1) is 24.9 Å². The number of nitrogens with zero attached hydrogens (tertiary/aromatic N) is 3. The molecule has 0 atom stereocenters. The number of rotatable bonds is 8. The lowest BCUT2D eigenvalue weighted by Gasteiger charge is -2.29. The lowest BCUT2D eigenvalue weighted by Crippen LogP contribution is -2.43. The smallest absolute Gasteiger partial charge is 0.421 e. The normalized spacial score (nSPS) is 15.9. The second-order valence-corrected chi connectivity index (χ2v) is 10.5. The monoisotopic (exact) mass is 644 g/mol. The van der Waals surface area contributed by atoms with Crippen molar-refractivity contribution in [3.8, 4) is 5.75 Å². The van der Waals surface area contributed by atoms with E-state index in [4.69, 9.17) is 15.6 Å². The van der Waals surface area contributed by atoms with Gasteiger partial charge in [-0.25, -0.2) is 9.37 Å². The second-order valence-electron chi connectivity index (χ2n) is 10.5. The van der Waals surface area contributed by atoms with Gasteiger partial charge in [0.15, 0.2) is 0 Å². The summed E-state index contributed by atoms with van der Waals surface area (Å²) in [5.41, 5.74) is 3.80. The molecule has 0 radical (unpaired) electrons. The highest BCUT2D eigenvalue weighted by molar-refractivity contribution is 5.96. The van der Waals surface area contributed by atoms with Crippen molar-refractivity contribution in [2.24, 2.45) is 5.73 Å². The van der Waals surface area contributed by atoms with Crippen LogP contribution in [0.3, 0.4) is 0 Å².